The molecule has 0 radical (unpaired) electrons. The normalized spacial score (nSPS) is 23.7. The first-order valence-corrected chi connectivity index (χ1v) is 5.72. The lowest BCUT2D eigenvalue weighted by Gasteiger charge is -2.23. The molecule has 1 N–H and O–H groups in total. The fourth-order valence-electron chi connectivity index (χ4n) is 1.97. The minimum atomic E-state index is -0.348. The summed E-state index contributed by atoms with van der Waals surface area (Å²) < 4.78 is 0. The molecule has 0 spiro atoms. The summed E-state index contributed by atoms with van der Waals surface area (Å²) in [5.41, 5.74) is 0. The zero-order valence-corrected chi connectivity index (χ0v) is 9.24. The van der Waals surface area contributed by atoms with Crippen LogP contribution in [0.1, 0.15) is 25.7 Å². The first-order chi connectivity index (χ1) is 7.70. The van der Waals surface area contributed by atoms with Crippen molar-refractivity contribution in [3.05, 3.63) is 0 Å². The van der Waals surface area contributed by atoms with E-state index in [0.717, 1.165) is 6.54 Å². The van der Waals surface area contributed by atoms with E-state index in [4.69, 9.17) is 6.42 Å². The maximum absolute atomic E-state index is 12.1. The quantitative estimate of drug-likeness (QED) is 0.685. The van der Waals surface area contributed by atoms with E-state index >= 15 is 0 Å². The van der Waals surface area contributed by atoms with E-state index in [1.54, 1.807) is 4.90 Å². The van der Waals surface area contributed by atoms with Crippen LogP contribution in [0.4, 0.5) is 0 Å². The van der Waals surface area contributed by atoms with Crippen LogP contribution in [0.2, 0.25) is 0 Å². The van der Waals surface area contributed by atoms with Gasteiger partial charge in [0.25, 0.3) is 0 Å². The van der Waals surface area contributed by atoms with Crippen molar-refractivity contribution < 1.29 is 9.59 Å². The summed E-state index contributed by atoms with van der Waals surface area (Å²) in [5, 5.41) is 2.69. The van der Waals surface area contributed by atoms with Gasteiger partial charge in [-0.3, -0.25) is 9.59 Å². The smallest absolute Gasteiger partial charge is 0.245 e. The summed E-state index contributed by atoms with van der Waals surface area (Å²) in [6.07, 6.45) is 8.68. The summed E-state index contributed by atoms with van der Waals surface area (Å²) >= 11 is 0. The average molecular weight is 220 g/mol. The Kier molecular flexibility index (Phi) is 3.14. The molecule has 4 nitrogen and oxygen atoms in total. The van der Waals surface area contributed by atoms with Gasteiger partial charge in [-0.25, -0.2) is 0 Å². The number of amides is 2. The zero-order chi connectivity index (χ0) is 11.5. The van der Waals surface area contributed by atoms with Crippen molar-refractivity contribution in [2.75, 3.05) is 13.1 Å². The van der Waals surface area contributed by atoms with Crippen LogP contribution >= 0.6 is 0 Å². The van der Waals surface area contributed by atoms with Crippen molar-refractivity contribution in [1.82, 2.24) is 10.2 Å². The molecule has 0 bridgehead atoms. The Morgan fingerprint density at radius 2 is 2.25 bits per heavy atom. The second-order valence-corrected chi connectivity index (χ2v) is 4.53. The Morgan fingerprint density at radius 1 is 1.50 bits per heavy atom. The number of carbonyl (C=O) groups is 2. The van der Waals surface area contributed by atoms with Gasteiger partial charge in [0, 0.05) is 13.0 Å². The van der Waals surface area contributed by atoms with Gasteiger partial charge in [0.2, 0.25) is 11.8 Å². The SMILES string of the molecule is C#CCN(CC1CC1)C(=O)C1CCC(=O)N1. The molecule has 0 aromatic rings. The first-order valence-electron chi connectivity index (χ1n) is 5.72. The highest BCUT2D eigenvalue weighted by Crippen LogP contribution is 2.30. The number of carbonyl (C=O) groups excluding carboxylic acids is 2. The summed E-state index contributed by atoms with van der Waals surface area (Å²) in [7, 11) is 0. The minimum Gasteiger partial charge on any atom is -0.344 e. The third-order valence-corrected chi connectivity index (χ3v) is 3.06. The first kappa shape index (κ1) is 11.0. The fourth-order valence-corrected chi connectivity index (χ4v) is 1.97. The van der Waals surface area contributed by atoms with E-state index < -0.39 is 0 Å². The zero-order valence-electron chi connectivity index (χ0n) is 9.24. The molecule has 1 unspecified atom stereocenters. The summed E-state index contributed by atoms with van der Waals surface area (Å²) in [4.78, 5) is 24.8. The molecule has 0 aromatic heterocycles. The summed E-state index contributed by atoms with van der Waals surface area (Å²) in [6, 6.07) is -0.348. The third kappa shape index (κ3) is 2.54. The molecule has 0 aromatic carbocycles. The van der Waals surface area contributed by atoms with Gasteiger partial charge < -0.3 is 10.2 Å². The standard InChI is InChI=1S/C12H16N2O2/c1-2-7-14(8-9-3-4-9)12(16)10-5-6-11(15)13-10/h1,9-10H,3-8H2,(H,13,15). The van der Waals surface area contributed by atoms with Crippen LogP contribution in [0.25, 0.3) is 0 Å². The third-order valence-electron chi connectivity index (χ3n) is 3.06. The van der Waals surface area contributed by atoms with Crippen molar-refractivity contribution in [3.8, 4) is 12.3 Å². The van der Waals surface area contributed by atoms with Crippen molar-refractivity contribution in [3.63, 3.8) is 0 Å². The number of hydrogen-bond acceptors (Lipinski definition) is 2. The Hall–Kier alpha value is -1.50. The molecular formula is C12H16N2O2. The van der Waals surface area contributed by atoms with Crippen LogP contribution in [-0.4, -0.2) is 35.8 Å². The molecule has 1 saturated carbocycles. The lowest BCUT2D eigenvalue weighted by molar-refractivity contribution is -0.134. The van der Waals surface area contributed by atoms with E-state index in [1.165, 1.54) is 12.8 Å². The minimum absolute atomic E-state index is 0.0179. The van der Waals surface area contributed by atoms with Crippen molar-refractivity contribution in [1.29, 1.82) is 0 Å². The maximum Gasteiger partial charge on any atom is 0.245 e. The molecule has 86 valence electrons. The second-order valence-electron chi connectivity index (χ2n) is 4.53. The highest BCUT2D eigenvalue weighted by Gasteiger charge is 2.33. The number of rotatable bonds is 4. The van der Waals surface area contributed by atoms with Gasteiger partial charge in [-0.1, -0.05) is 5.92 Å². The van der Waals surface area contributed by atoms with Crippen molar-refractivity contribution in [2.24, 2.45) is 5.92 Å². The van der Waals surface area contributed by atoms with Crippen LogP contribution < -0.4 is 5.32 Å². The molecule has 2 aliphatic rings. The lowest BCUT2D eigenvalue weighted by Crippen LogP contribution is -2.45. The van der Waals surface area contributed by atoms with E-state index in [9.17, 15) is 9.59 Å². The molecule has 4 heteroatoms. The van der Waals surface area contributed by atoms with Crippen LogP contribution in [-0.2, 0) is 9.59 Å². The molecule has 2 rings (SSSR count). The molecule has 1 saturated heterocycles. The van der Waals surface area contributed by atoms with Crippen LogP contribution in [0.5, 0.6) is 0 Å². The van der Waals surface area contributed by atoms with Crippen LogP contribution in [0.3, 0.4) is 0 Å². The largest absolute Gasteiger partial charge is 0.344 e. The number of nitrogens with one attached hydrogen (secondary N) is 1. The molecule has 1 atom stereocenters. The van der Waals surface area contributed by atoms with Crippen LogP contribution in [0, 0.1) is 18.3 Å². The Morgan fingerprint density at radius 3 is 2.75 bits per heavy atom. The molecule has 1 heterocycles. The van der Waals surface area contributed by atoms with Crippen molar-refractivity contribution in [2.45, 2.75) is 31.7 Å². The molecule has 1 aliphatic heterocycles. The van der Waals surface area contributed by atoms with E-state index in [0.29, 0.717) is 25.3 Å². The van der Waals surface area contributed by atoms with Gasteiger partial charge in [-0.05, 0) is 25.2 Å². The van der Waals surface area contributed by atoms with Gasteiger partial charge in [0.05, 0.1) is 6.54 Å². The Balaban J connectivity index is 1.92. The highest BCUT2D eigenvalue weighted by atomic mass is 16.2. The molecule has 2 fully saturated rings. The molecule has 1 aliphatic carbocycles. The van der Waals surface area contributed by atoms with Gasteiger partial charge in [0.1, 0.15) is 6.04 Å². The van der Waals surface area contributed by atoms with Crippen LogP contribution in [0.15, 0.2) is 0 Å². The Labute approximate surface area is 95.4 Å². The monoisotopic (exact) mass is 220 g/mol. The van der Waals surface area contributed by atoms with Gasteiger partial charge in [-0.2, -0.15) is 0 Å². The maximum atomic E-state index is 12.1. The predicted molar refractivity (Wildman–Crippen MR) is 59.3 cm³/mol. The molecular weight excluding hydrogens is 204 g/mol. The van der Waals surface area contributed by atoms with E-state index in [-0.39, 0.29) is 17.9 Å². The summed E-state index contributed by atoms with van der Waals surface area (Å²) in [6.45, 7) is 1.09. The fraction of sp³-hybridized carbons (Fsp3) is 0.667. The predicted octanol–water partition coefficient (Wildman–Crippen LogP) is 0.137. The number of nitrogens with zero attached hydrogens (tertiary/aromatic N) is 1. The van der Waals surface area contributed by atoms with Gasteiger partial charge >= 0.3 is 0 Å². The number of terminal acetylenes is 1. The Bertz CT molecular complexity index is 341. The summed E-state index contributed by atoms with van der Waals surface area (Å²) in [5.74, 6) is 3.07. The van der Waals surface area contributed by atoms with Crippen molar-refractivity contribution >= 4 is 11.8 Å². The molecule has 16 heavy (non-hydrogen) atoms. The van der Waals surface area contributed by atoms with E-state index in [2.05, 4.69) is 11.2 Å². The van der Waals surface area contributed by atoms with E-state index in [1.807, 2.05) is 0 Å². The average Bonchev–Trinajstić information content (AvgIpc) is 2.97. The topological polar surface area (TPSA) is 49.4 Å². The van der Waals surface area contributed by atoms with Gasteiger partial charge in [-0.15, -0.1) is 6.42 Å². The molecule has 2 amide bonds. The highest BCUT2D eigenvalue weighted by molar-refractivity contribution is 5.90. The van der Waals surface area contributed by atoms with Gasteiger partial charge in [0.15, 0.2) is 0 Å². The second kappa shape index (κ2) is 4.56. The lowest BCUT2D eigenvalue weighted by atomic mass is 10.2. The number of hydrogen-bond donors (Lipinski definition) is 1.